The number of halogens is 1. The lowest BCUT2D eigenvalue weighted by atomic mass is 9.98. The molecule has 138 valence electrons. The second-order valence-corrected chi connectivity index (χ2v) is 7.05. The maximum atomic E-state index is 13.4. The van der Waals surface area contributed by atoms with Crippen LogP contribution in [-0.4, -0.2) is 32.1 Å². The van der Waals surface area contributed by atoms with Crippen LogP contribution in [0.1, 0.15) is 19.5 Å². The molecule has 0 aliphatic carbocycles. The largest absolute Gasteiger partial charge is 0.335 e. The number of hydrogen-bond donors (Lipinski definition) is 0. The Labute approximate surface area is 157 Å². The molecular formula is C21H21FN4O. The summed E-state index contributed by atoms with van der Waals surface area (Å²) in [5.74, 6) is -0.172. The summed E-state index contributed by atoms with van der Waals surface area (Å²) in [7, 11) is 0. The molecule has 6 heteroatoms. The number of fused-ring (bicyclic) bond motifs is 1. The first-order valence-electron chi connectivity index (χ1n) is 9.09. The normalized spacial score (nSPS) is 13.7. The van der Waals surface area contributed by atoms with Crippen molar-refractivity contribution in [2.45, 2.75) is 26.9 Å². The minimum Gasteiger partial charge on any atom is -0.335 e. The van der Waals surface area contributed by atoms with E-state index in [2.05, 4.69) is 4.98 Å². The van der Waals surface area contributed by atoms with E-state index in [0.29, 0.717) is 19.6 Å². The number of pyridine rings is 1. The Bertz CT molecular complexity index is 964. The molecule has 1 amide bonds. The highest BCUT2D eigenvalue weighted by atomic mass is 19.1. The second kappa shape index (κ2) is 6.95. The molecule has 5 nitrogen and oxygen atoms in total. The lowest BCUT2D eigenvalue weighted by Crippen LogP contribution is -2.40. The maximum absolute atomic E-state index is 13.4. The highest BCUT2D eigenvalue weighted by Crippen LogP contribution is 2.36. The van der Waals surface area contributed by atoms with Crippen LogP contribution < -0.4 is 0 Å². The molecule has 2 aromatic heterocycles. The lowest BCUT2D eigenvalue weighted by Gasteiger charge is -2.29. The first-order valence-corrected chi connectivity index (χ1v) is 9.09. The summed E-state index contributed by atoms with van der Waals surface area (Å²) in [6.45, 7) is 5.64. The Kier molecular flexibility index (Phi) is 4.48. The van der Waals surface area contributed by atoms with Crippen LogP contribution in [0.2, 0.25) is 0 Å². The fourth-order valence-corrected chi connectivity index (χ4v) is 3.50. The summed E-state index contributed by atoms with van der Waals surface area (Å²) < 4.78 is 15.4. The summed E-state index contributed by atoms with van der Waals surface area (Å²) in [5, 5.41) is 4.80. The third-order valence-corrected chi connectivity index (χ3v) is 4.87. The van der Waals surface area contributed by atoms with Crippen molar-refractivity contribution in [3.8, 4) is 22.4 Å². The van der Waals surface area contributed by atoms with Gasteiger partial charge in [-0.3, -0.25) is 14.5 Å². The molecule has 4 rings (SSSR count). The predicted octanol–water partition coefficient (Wildman–Crippen LogP) is 3.75. The fraction of sp³-hybridized carbons (Fsp3) is 0.286. The zero-order valence-electron chi connectivity index (χ0n) is 15.4. The number of carbonyl (C=O) groups is 1. The monoisotopic (exact) mass is 364 g/mol. The summed E-state index contributed by atoms with van der Waals surface area (Å²) in [6.07, 6.45) is 3.49. The standard InChI is InChI=1S/C21H21FN4O/c1-14(2)21(27)25-11-12-26-18(13-25)19(15-7-9-23-10-8-15)20(24-26)16-3-5-17(22)6-4-16/h3-10,14H,11-13H2,1-2H3. The number of carbonyl (C=O) groups excluding carboxylic acids is 1. The van der Waals surface area contributed by atoms with Crippen molar-refractivity contribution in [1.82, 2.24) is 19.7 Å². The van der Waals surface area contributed by atoms with E-state index in [0.717, 1.165) is 28.1 Å². The van der Waals surface area contributed by atoms with Crippen LogP contribution in [0.25, 0.3) is 22.4 Å². The van der Waals surface area contributed by atoms with Gasteiger partial charge in [0.2, 0.25) is 5.91 Å². The van der Waals surface area contributed by atoms with Crippen LogP contribution in [0.15, 0.2) is 48.8 Å². The number of nitrogens with zero attached hydrogens (tertiary/aromatic N) is 4. The van der Waals surface area contributed by atoms with Gasteiger partial charge in [-0.05, 0) is 42.0 Å². The van der Waals surface area contributed by atoms with Gasteiger partial charge < -0.3 is 4.90 Å². The van der Waals surface area contributed by atoms with Crippen molar-refractivity contribution in [3.63, 3.8) is 0 Å². The molecule has 0 fully saturated rings. The molecule has 3 aromatic rings. The second-order valence-electron chi connectivity index (χ2n) is 7.05. The van der Waals surface area contributed by atoms with Crippen LogP contribution in [0.4, 0.5) is 4.39 Å². The van der Waals surface area contributed by atoms with E-state index in [1.54, 1.807) is 24.5 Å². The molecule has 3 heterocycles. The van der Waals surface area contributed by atoms with Crippen molar-refractivity contribution < 1.29 is 9.18 Å². The Morgan fingerprint density at radius 1 is 1.04 bits per heavy atom. The number of amides is 1. The highest BCUT2D eigenvalue weighted by Gasteiger charge is 2.28. The minimum absolute atomic E-state index is 0.0413. The van der Waals surface area contributed by atoms with E-state index in [-0.39, 0.29) is 17.6 Å². The van der Waals surface area contributed by atoms with Crippen LogP contribution in [0.5, 0.6) is 0 Å². The van der Waals surface area contributed by atoms with Crippen molar-refractivity contribution in [3.05, 3.63) is 60.3 Å². The topological polar surface area (TPSA) is 51.0 Å². The van der Waals surface area contributed by atoms with Crippen molar-refractivity contribution >= 4 is 5.91 Å². The van der Waals surface area contributed by atoms with Crippen LogP contribution >= 0.6 is 0 Å². The number of hydrogen-bond acceptors (Lipinski definition) is 3. The summed E-state index contributed by atoms with van der Waals surface area (Å²) in [5.41, 5.74) is 4.62. The van der Waals surface area contributed by atoms with Gasteiger partial charge in [-0.25, -0.2) is 4.39 Å². The van der Waals surface area contributed by atoms with Gasteiger partial charge in [0.25, 0.3) is 0 Å². The van der Waals surface area contributed by atoms with E-state index in [4.69, 9.17) is 5.10 Å². The molecule has 27 heavy (non-hydrogen) atoms. The molecule has 0 radical (unpaired) electrons. The molecule has 1 aliphatic rings. The smallest absolute Gasteiger partial charge is 0.225 e. The van der Waals surface area contributed by atoms with E-state index in [1.165, 1.54) is 12.1 Å². The molecular weight excluding hydrogens is 343 g/mol. The summed E-state index contributed by atoms with van der Waals surface area (Å²) in [6, 6.07) is 10.2. The molecule has 0 spiro atoms. The van der Waals surface area contributed by atoms with Gasteiger partial charge in [0.1, 0.15) is 11.5 Å². The van der Waals surface area contributed by atoms with Crippen LogP contribution in [-0.2, 0) is 17.9 Å². The quantitative estimate of drug-likeness (QED) is 0.711. The summed E-state index contributed by atoms with van der Waals surface area (Å²) in [4.78, 5) is 18.5. The highest BCUT2D eigenvalue weighted by molar-refractivity contribution is 5.84. The Balaban J connectivity index is 1.85. The first-order chi connectivity index (χ1) is 13.0. The molecule has 0 N–H and O–H groups in total. The minimum atomic E-state index is -0.276. The number of benzene rings is 1. The van der Waals surface area contributed by atoms with Gasteiger partial charge >= 0.3 is 0 Å². The SMILES string of the molecule is CC(C)C(=O)N1CCn2nc(-c3ccc(F)cc3)c(-c3ccncc3)c2C1. The average molecular weight is 364 g/mol. The zero-order chi connectivity index (χ0) is 19.0. The molecule has 0 saturated heterocycles. The van der Waals surface area contributed by atoms with Gasteiger partial charge in [-0.1, -0.05) is 13.8 Å². The predicted molar refractivity (Wildman–Crippen MR) is 101 cm³/mol. The molecule has 0 unspecified atom stereocenters. The molecule has 1 aliphatic heterocycles. The number of aromatic nitrogens is 3. The zero-order valence-corrected chi connectivity index (χ0v) is 15.4. The molecule has 0 saturated carbocycles. The summed E-state index contributed by atoms with van der Waals surface area (Å²) >= 11 is 0. The Hall–Kier alpha value is -3.02. The van der Waals surface area contributed by atoms with Crippen molar-refractivity contribution in [2.75, 3.05) is 6.54 Å². The lowest BCUT2D eigenvalue weighted by molar-refractivity contribution is -0.135. The van der Waals surface area contributed by atoms with Gasteiger partial charge in [0.05, 0.1) is 18.8 Å². The van der Waals surface area contributed by atoms with E-state index >= 15 is 0 Å². The van der Waals surface area contributed by atoms with Gasteiger partial charge in [-0.2, -0.15) is 5.10 Å². The maximum Gasteiger partial charge on any atom is 0.225 e. The van der Waals surface area contributed by atoms with E-state index < -0.39 is 0 Å². The van der Waals surface area contributed by atoms with Gasteiger partial charge in [-0.15, -0.1) is 0 Å². The van der Waals surface area contributed by atoms with Crippen molar-refractivity contribution in [2.24, 2.45) is 5.92 Å². The van der Waals surface area contributed by atoms with Crippen molar-refractivity contribution in [1.29, 1.82) is 0 Å². The van der Waals surface area contributed by atoms with E-state index in [1.807, 2.05) is 35.6 Å². The molecule has 0 bridgehead atoms. The third kappa shape index (κ3) is 3.23. The average Bonchev–Trinajstić information content (AvgIpc) is 3.07. The van der Waals surface area contributed by atoms with Gasteiger partial charge in [0, 0.05) is 36.0 Å². The third-order valence-electron chi connectivity index (χ3n) is 4.87. The molecule has 0 atom stereocenters. The van der Waals surface area contributed by atoms with Crippen LogP contribution in [0.3, 0.4) is 0 Å². The molecule has 1 aromatic carbocycles. The van der Waals surface area contributed by atoms with Gasteiger partial charge in [0.15, 0.2) is 0 Å². The Morgan fingerprint density at radius 2 is 1.74 bits per heavy atom. The first kappa shape index (κ1) is 17.4. The Morgan fingerprint density at radius 3 is 2.41 bits per heavy atom. The number of rotatable bonds is 3. The van der Waals surface area contributed by atoms with Crippen LogP contribution in [0, 0.1) is 11.7 Å². The van der Waals surface area contributed by atoms with E-state index in [9.17, 15) is 9.18 Å². The fourth-order valence-electron chi connectivity index (χ4n) is 3.50.